The maximum atomic E-state index is 13.4. The van der Waals surface area contributed by atoms with E-state index in [1.165, 1.54) is 12.1 Å². The molecule has 0 saturated heterocycles. The Kier molecular flexibility index (Phi) is 5.21. The van der Waals surface area contributed by atoms with Gasteiger partial charge in [0, 0.05) is 12.1 Å². The van der Waals surface area contributed by atoms with Crippen LogP contribution in [0.2, 0.25) is 0 Å². The summed E-state index contributed by atoms with van der Waals surface area (Å²) in [6.45, 7) is 6.04. The molecule has 20 heavy (non-hydrogen) atoms. The van der Waals surface area contributed by atoms with Crippen LogP contribution in [0.1, 0.15) is 36.7 Å². The molecule has 0 fully saturated rings. The highest BCUT2D eigenvalue weighted by atomic mass is 19.1. The Balaban J connectivity index is 2.49. The number of carbonyl (C=O) groups is 2. The number of aromatic carboxylic acids is 1. The standard InChI is InChI=1S/C14H19FN2O3/c1-14(2,3)17-12(18)8-16-7-9-4-5-10(13(19)20)11(15)6-9/h4-6,16H,7-8H2,1-3H3,(H,17,18)(H,19,20). The van der Waals surface area contributed by atoms with Crippen LogP contribution < -0.4 is 10.6 Å². The van der Waals surface area contributed by atoms with Gasteiger partial charge >= 0.3 is 5.97 Å². The van der Waals surface area contributed by atoms with E-state index in [-0.39, 0.29) is 30.1 Å². The van der Waals surface area contributed by atoms with Crippen molar-refractivity contribution in [2.75, 3.05) is 6.54 Å². The van der Waals surface area contributed by atoms with Gasteiger partial charge in [0.15, 0.2) is 0 Å². The summed E-state index contributed by atoms with van der Waals surface area (Å²) in [5, 5.41) is 14.4. The van der Waals surface area contributed by atoms with Gasteiger partial charge in [-0.15, -0.1) is 0 Å². The molecule has 0 spiro atoms. The normalized spacial score (nSPS) is 11.2. The van der Waals surface area contributed by atoms with E-state index in [2.05, 4.69) is 10.6 Å². The van der Waals surface area contributed by atoms with Crippen LogP contribution in [-0.4, -0.2) is 29.1 Å². The van der Waals surface area contributed by atoms with Crippen molar-refractivity contribution in [3.8, 4) is 0 Å². The van der Waals surface area contributed by atoms with E-state index in [0.29, 0.717) is 5.56 Å². The van der Waals surface area contributed by atoms with Crippen LogP contribution in [0.25, 0.3) is 0 Å². The molecule has 1 aromatic carbocycles. The minimum absolute atomic E-state index is 0.111. The molecular weight excluding hydrogens is 263 g/mol. The van der Waals surface area contributed by atoms with Crippen molar-refractivity contribution in [2.24, 2.45) is 0 Å². The maximum absolute atomic E-state index is 13.4. The first-order valence-corrected chi connectivity index (χ1v) is 6.22. The molecule has 0 radical (unpaired) electrons. The maximum Gasteiger partial charge on any atom is 0.338 e. The molecule has 1 rings (SSSR count). The molecule has 1 amide bonds. The van der Waals surface area contributed by atoms with Gasteiger partial charge < -0.3 is 15.7 Å². The fraction of sp³-hybridized carbons (Fsp3) is 0.429. The van der Waals surface area contributed by atoms with Crippen molar-refractivity contribution in [2.45, 2.75) is 32.9 Å². The summed E-state index contributed by atoms with van der Waals surface area (Å²) >= 11 is 0. The number of hydrogen-bond donors (Lipinski definition) is 3. The lowest BCUT2D eigenvalue weighted by molar-refractivity contribution is -0.121. The van der Waals surface area contributed by atoms with E-state index < -0.39 is 11.8 Å². The molecule has 0 aromatic heterocycles. The second-order valence-corrected chi connectivity index (χ2v) is 5.52. The number of carboxylic acid groups (broad SMARTS) is 1. The third kappa shape index (κ3) is 5.36. The van der Waals surface area contributed by atoms with Crippen molar-refractivity contribution < 1.29 is 19.1 Å². The molecule has 0 saturated carbocycles. The highest BCUT2D eigenvalue weighted by molar-refractivity contribution is 5.87. The summed E-state index contributed by atoms with van der Waals surface area (Å²) < 4.78 is 13.4. The second-order valence-electron chi connectivity index (χ2n) is 5.52. The summed E-state index contributed by atoms with van der Waals surface area (Å²) in [6, 6.07) is 3.88. The Bertz CT molecular complexity index is 510. The predicted molar refractivity (Wildman–Crippen MR) is 73.0 cm³/mol. The van der Waals surface area contributed by atoms with Gasteiger partial charge in [0.05, 0.1) is 12.1 Å². The van der Waals surface area contributed by atoms with Gasteiger partial charge in [-0.1, -0.05) is 6.07 Å². The highest BCUT2D eigenvalue weighted by Gasteiger charge is 2.13. The van der Waals surface area contributed by atoms with Crippen LogP contribution in [0.4, 0.5) is 4.39 Å². The molecular formula is C14H19FN2O3. The first-order chi connectivity index (χ1) is 9.19. The van der Waals surface area contributed by atoms with Crippen LogP contribution in [0.15, 0.2) is 18.2 Å². The third-order valence-corrected chi connectivity index (χ3v) is 2.39. The molecule has 6 heteroatoms. The Morgan fingerprint density at radius 3 is 2.45 bits per heavy atom. The first-order valence-electron chi connectivity index (χ1n) is 6.22. The number of halogens is 1. The largest absolute Gasteiger partial charge is 0.478 e. The number of nitrogens with one attached hydrogen (secondary N) is 2. The van der Waals surface area contributed by atoms with E-state index in [9.17, 15) is 14.0 Å². The molecule has 0 aliphatic heterocycles. The Labute approximate surface area is 117 Å². The second kappa shape index (κ2) is 6.47. The van der Waals surface area contributed by atoms with E-state index in [0.717, 1.165) is 6.07 Å². The SMILES string of the molecule is CC(C)(C)NC(=O)CNCc1ccc(C(=O)O)c(F)c1. The lowest BCUT2D eigenvalue weighted by atomic mass is 10.1. The monoisotopic (exact) mass is 282 g/mol. The van der Waals surface area contributed by atoms with E-state index >= 15 is 0 Å². The third-order valence-electron chi connectivity index (χ3n) is 2.39. The summed E-state index contributed by atoms with van der Waals surface area (Å²) in [5.41, 5.74) is -0.0798. The molecule has 1 aromatic rings. The van der Waals surface area contributed by atoms with Crippen molar-refractivity contribution in [1.82, 2.24) is 10.6 Å². The van der Waals surface area contributed by atoms with Gasteiger partial charge in [-0.3, -0.25) is 4.79 Å². The summed E-state index contributed by atoms with van der Waals surface area (Å²) in [6.07, 6.45) is 0. The fourth-order valence-electron chi connectivity index (χ4n) is 1.62. The molecule has 110 valence electrons. The van der Waals surface area contributed by atoms with Crippen LogP contribution in [0.3, 0.4) is 0 Å². The van der Waals surface area contributed by atoms with Crippen LogP contribution in [0.5, 0.6) is 0 Å². The number of hydrogen-bond acceptors (Lipinski definition) is 3. The van der Waals surface area contributed by atoms with E-state index in [4.69, 9.17) is 5.11 Å². The van der Waals surface area contributed by atoms with Gasteiger partial charge in [-0.2, -0.15) is 0 Å². The quantitative estimate of drug-likeness (QED) is 0.765. The van der Waals surface area contributed by atoms with Crippen molar-refractivity contribution in [1.29, 1.82) is 0 Å². The molecule has 0 atom stereocenters. The Morgan fingerprint density at radius 2 is 1.95 bits per heavy atom. The minimum Gasteiger partial charge on any atom is -0.478 e. The number of carbonyl (C=O) groups excluding carboxylic acids is 1. The van der Waals surface area contributed by atoms with E-state index in [1.807, 2.05) is 20.8 Å². The zero-order valence-corrected chi connectivity index (χ0v) is 11.8. The molecule has 5 nitrogen and oxygen atoms in total. The van der Waals surface area contributed by atoms with Crippen LogP contribution in [0, 0.1) is 5.82 Å². The van der Waals surface area contributed by atoms with Gasteiger partial charge in [-0.05, 0) is 38.5 Å². The molecule has 0 bridgehead atoms. The number of rotatable bonds is 5. The van der Waals surface area contributed by atoms with Gasteiger partial charge in [0.25, 0.3) is 0 Å². The Morgan fingerprint density at radius 1 is 1.30 bits per heavy atom. The highest BCUT2D eigenvalue weighted by Crippen LogP contribution is 2.10. The first kappa shape index (κ1) is 16.1. The fourth-order valence-corrected chi connectivity index (χ4v) is 1.62. The molecule has 3 N–H and O–H groups in total. The molecule has 0 aliphatic rings. The molecule has 0 unspecified atom stereocenters. The molecule has 0 heterocycles. The van der Waals surface area contributed by atoms with Crippen molar-refractivity contribution in [3.63, 3.8) is 0 Å². The number of carboxylic acids is 1. The zero-order chi connectivity index (χ0) is 15.3. The smallest absolute Gasteiger partial charge is 0.338 e. The van der Waals surface area contributed by atoms with Crippen molar-refractivity contribution >= 4 is 11.9 Å². The van der Waals surface area contributed by atoms with Crippen molar-refractivity contribution in [3.05, 3.63) is 35.1 Å². The van der Waals surface area contributed by atoms with E-state index in [1.54, 1.807) is 0 Å². The average Bonchev–Trinajstić information content (AvgIpc) is 2.25. The Hall–Kier alpha value is -1.95. The number of amides is 1. The topological polar surface area (TPSA) is 78.4 Å². The number of benzene rings is 1. The van der Waals surface area contributed by atoms with Crippen LogP contribution in [-0.2, 0) is 11.3 Å². The van der Waals surface area contributed by atoms with Gasteiger partial charge in [0.2, 0.25) is 5.91 Å². The summed E-state index contributed by atoms with van der Waals surface area (Å²) in [7, 11) is 0. The van der Waals surface area contributed by atoms with Gasteiger partial charge in [0.1, 0.15) is 5.82 Å². The lowest BCUT2D eigenvalue weighted by Crippen LogP contribution is -2.44. The summed E-state index contributed by atoms with van der Waals surface area (Å²) in [4.78, 5) is 22.2. The van der Waals surface area contributed by atoms with Gasteiger partial charge in [-0.25, -0.2) is 9.18 Å². The molecule has 0 aliphatic carbocycles. The summed E-state index contributed by atoms with van der Waals surface area (Å²) in [5.74, 6) is -2.23. The van der Waals surface area contributed by atoms with Crippen LogP contribution >= 0.6 is 0 Å². The zero-order valence-electron chi connectivity index (χ0n) is 11.8. The average molecular weight is 282 g/mol. The minimum atomic E-state index is -1.30. The lowest BCUT2D eigenvalue weighted by Gasteiger charge is -2.20. The predicted octanol–water partition coefficient (Wildman–Crippen LogP) is 1.53.